The number of aliphatic hydroxyl groups is 1. The summed E-state index contributed by atoms with van der Waals surface area (Å²) in [7, 11) is 0. The van der Waals surface area contributed by atoms with Crippen molar-refractivity contribution in [2.45, 2.75) is 19.8 Å². The molecule has 1 rings (SSSR count). The van der Waals surface area contributed by atoms with Crippen molar-refractivity contribution in [3.8, 4) is 5.75 Å². The third kappa shape index (κ3) is 3.85. The third-order valence-electron chi connectivity index (χ3n) is 2.39. The highest BCUT2D eigenvalue weighted by Gasteiger charge is 2.12. The predicted octanol–water partition coefficient (Wildman–Crippen LogP) is 1.28. The molecule has 1 aromatic rings. The summed E-state index contributed by atoms with van der Waals surface area (Å²) in [5.41, 5.74) is 0.917. The van der Waals surface area contributed by atoms with Gasteiger partial charge in [-0.1, -0.05) is 6.92 Å². The fraction of sp³-hybridized carbons (Fsp3) is 0.385. The quantitative estimate of drug-likeness (QED) is 0.714. The van der Waals surface area contributed by atoms with Gasteiger partial charge in [-0.05, 0) is 18.2 Å². The van der Waals surface area contributed by atoms with Crippen LogP contribution in [-0.4, -0.2) is 35.2 Å². The van der Waals surface area contributed by atoms with Crippen LogP contribution < -0.4 is 4.74 Å². The van der Waals surface area contributed by atoms with Crippen LogP contribution in [0, 0.1) is 0 Å². The third-order valence-corrected chi connectivity index (χ3v) is 2.39. The van der Waals surface area contributed by atoms with Crippen LogP contribution in [-0.2, 0) is 11.2 Å². The number of Topliss-reactive ketones (excluding diaryl/α,β-unsaturated/α-hetero) is 1. The molecule has 0 atom stereocenters. The summed E-state index contributed by atoms with van der Waals surface area (Å²) in [6.45, 7) is 1.69. The van der Waals surface area contributed by atoms with Crippen LogP contribution in [0.1, 0.15) is 29.3 Å². The normalized spacial score (nSPS) is 10.1. The largest absolute Gasteiger partial charge is 0.491 e. The molecule has 1 aromatic carbocycles. The SMILES string of the molecule is CCC(=O)c1ccc(OCCO)c(CC(=O)O)c1. The summed E-state index contributed by atoms with van der Waals surface area (Å²) in [6.07, 6.45) is 0.148. The van der Waals surface area contributed by atoms with Crippen LogP contribution in [0.2, 0.25) is 0 Å². The molecule has 98 valence electrons. The van der Waals surface area contributed by atoms with Crippen molar-refractivity contribution in [3.05, 3.63) is 29.3 Å². The summed E-state index contributed by atoms with van der Waals surface area (Å²) in [5, 5.41) is 17.5. The van der Waals surface area contributed by atoms with Gasteiger partial charge in [0.05, 0.1) is 13.0 Å². The van der Waals surface area contributed by atoms with Gasteiger partial charge in [-0.3, -0.25) is 9.59 Å². The number of rotatable bonds is 7. The Balaban J connectivity index is 3.03. The lowest BCUT2D eigenvalue weighted by molar-refractivity contribution is -0.136. The fourth-order valence-corrected chi connectivity index (χ4v) is 1.55. The van der Waals surface area contributed by atoms with E-state index in [1.807, 2.05) is 0 Å². The summed E-state index contributed by atoms with van der Waals surface area (Å²) < 4.78 is 5.23. The molecule has 0 bridgehead atoms. The molecule has 0 heterocycles. The molecule has 2 N–H and O–H groups in total. The highest BCUT2D eigenvalue weighted by molar-refractivity contribution is 5.96. The molecule has 0 amide bonds. The maximum absolute atomic E-state index is 11.5. The molecule has 0 aliphatic rings. The molecule has 5 nitrogen and oxygen atoms in total. The van der Waals surface area contributed by atoms with Gasteiger partial charge in [0.15, 0.2) is 5.78 Å². The standard InChI is InChI=1S/C13H16O5/c1-2-11(15)9-3-4-12(18-6-5-14)10(7-9)8-13(16)17/h3-4,7,14H,2,5-6,8H2,1H3,(H,16,17). The lowest BCUT2D eigenvalue weighted by Crippen LogP contribution is -2.08. The molecule has 0 saturated heterocycles. The number of ketones is 1. The zero-order valence-corrected chi connectivity index (χ0v) is 10.2. The first kappa shape index (κ1) is 14.2. The van der Waals surface area contributed by atoms with Gasteiger partial charge in [-0.25, -0.2) is 0 Å². The summed E-state index contributed by atoms with van der Waals surface area (Å²) in [6, 6.07) is 4.70. The maximum Gasteiger partial charge on any atom is 0.307 e. The Kier molecular flexibility index (Phi) is 5.32. The predicted molar refractivity (Wildman–Crippen MR) is 65.0 cm³/mol. The van der Waals surface area contributed by atoms with Crippen LogP contribution in [0.4, 0.5) is 0 Å². The Morgan fingerprint density at radius 2 is 2.06 bits per heavy atom. The van der Waals surface area contributed by atoms with Gasteiger partial charge in [-0.2, -0.15) is 0 Å². The first-order valence-corrected chi connectivity index (χ1v) is 5.70. The maximum atomic E-state index is 11.5. The van der Waals surface area contributed by atoms with Crippen LogP contribution in [0.25, 0.3) is 0 Å². The molecule has 0 spiro atoms. The average molecular weight is 252 g/mol. The Morgan fingerprint density at radius 3 is 2.61 bits per heavy atom. The van der Waals surface area contributed by atoms with E-state index in [4.69, 9.17) is 14.9 Å². The van der Waals surface area contributed by atoms with Crippen molar-refractivity contribution < 1.29 is 24.5 Å². The van der Waals surface area contributed by atoms with Crippen LogP contribution in [0.3, 0.4) is 0 Å². The number of hydrogen-bond acceptors (Lipinski definition) is 4. The van der Waals surface area contributed by atoms with E-state index < -0.39 is 5.97 Å². The van der Waals surface area contributed by atoms with Gasteiger partial charge in [0, 0.05) is 17.5 Å². The van der Waals surface area contributed by atoms with Gasteiger partial charge in [-0.15, -0.1) is 0 Å². The summed E-state index contributed by atoms with van der Waals surface area (Å²) in [5.74, 6) is -0.653. The topological polar surface area (TPSA) is 83.8 Å². The van der Waals surface area contributed by atoms with Gasteiger partial charge < -0.3 is 14.9 Å². The minimum absolute atomic E-state index is 0.0460. The zero-order valence-electron chi connectivity index (χ0n) is 10.2. The number of carboxylic acid groups (broad SMARTS) is 1. The lowest BCUT2D eigenvalue weighted by atomic mass is 10.0. The molecule has 0 aromatic heterocycles. The number of carboxylic acids is 1. The second kappa shape index (κ2) is 6.76. The number of ether oxygens (including phenoxy) is 1. The first-order valence-electron chi connectivity index (χ1n) is 5.70. The molecule has 0 unspecified atom stereocenters. The van der Waals surface area contributed by atoms with Gasteiger partial charge in [0.1, 0.15) is 12.4 Å². The monoisotopic (exact) mass is 252 g/mol. The second-order valence-electron chi connectivity index (χ2n) is 3.74. The Morgan fingerprint density at radius 1 is 1.33 bits per heavy atom. The van der Waals surface area contributed by atoms with E-state index in [0.717, 1.165) is 0 Å². The van der Waals surface area contributed by atoms with Crippen molar-refractivity contribution in [2.75, 3.05) is 13.2 Å². The van der Waals surface area contributed by atoms with E-state index in [-0.39, 0.29) is 25.4 Å². The Hall–Kier alpha value is -1.88. The highest BCUT2D eigenvalue weighted by atomic mass is 16.5. The number of carbonyl (C=O) groups excluding carboxylic acids is 1. The van der Waals surface area contributed by atoms with Gasteiger partial charge >= 0.3 is 5.97 Å². The van der Waals surface area contributed by atoms with Crippen molar-refractivity contribution in [1.82, 2.24) is 0 Å². The molecule has 0 saturated carbocycles. The summed E-state index contributed by atoms with van der Waals surface area (Å²) >= 11 is 0. The number of carbonyl (C=O) groups is 2. The van der Waals surface area contributed by atoms with Crippen molar-refractivity contribution >= 4 is 11.8 Å². The van der Waals surface area contributed by atoms with Crippen molar-refractivity contribution in [3.63, 3.8) is 0 Å². The molecule has 0 aliphatic heterocycles. The zero-order chi connectivity index (χ0) is 13.5. The minimum Gasteiger partial charge on any atom is -0.491 e. The van der Waals surface area contributed by atoms with Gasteiger partial charge in [0.25, 0.3) is 0 Å². The number of aliphatic carboxylic acids is 1. The molecule has 5 heteroatoms. The molecule has 0 aliphatic carbocycles. The highest BCUT2D eigenvalue weighted by Crippen LogP contribution is 2.21. The molecular weight excluding hydrogens is 236 g/mol. The second-order valence-corrected chi connectivity index (χ2v) is 3.74. The van der Waals surface area contributed by atoms with E-state index in [1.54, 1.807) is 19.1 Å². The number of benzene rings is 1. The molecule has 0 fully saturated rings. The van der Waals surface area contributed by atoms with E-state index in [2.05, 4.69) is 0 Å². The Bertz CT molecular complexity index is 439. The van der Waals surface area contributed by atoms with Crippen molar-refractivity contribution in [2.24, 2.45) is 0 Å². The minimum atomic E-state index is -0.995. The van der Waals surface area contributed by atoms with Gasteiger partial charge in [0.2, 0.25) is 0 Å². The van der Waals surface area contributed by atoms with E-state index in [9.17, 15) is 9.59 Å². The number of hydrogen-bond donors (Lipinski definition) is 2. The van der Waals surface area contributed by atoms with Crippen LogP contribution in [0.15, 0.2) is 18.2 Å². The average Bonchev–Trinajstić information content (AvgIpc) is 2.35. The first-order chi connectivity index (χ1) is 8.58. The fourth-order valence-electron chi connectivity index (χ4n) is 1.55. The van der Waals surface area contributed by atoms with E-state index in [1.165, 1.54) is 6.07 Å². The molecule has 18 heavy (non-hydrogen) atoms. The van der Waals surface area contributed by atoms with Crippen LogP contribution >= 0.6 is 0 Å². The van der Waals surface area contributed by atoms with E-state index in [0.29, 0.717) is 23.3 Å². The number of aliphatic hydroxyl groups excluding tert-OH is 1. The van der Waals surface area contributed by atoms with E-state index >= 15 is 0 Å². The summed E-state index contributed by atoms with van der Waals surface area (Å²) in [4.78, 5) is 22.3. The molecule has 0 radical (unpaired) electrons. The van der Waals surface area contributed by atoms with Crippen LogP contribution in [0.5, 0.6) is 5.75 Å². The smallest absolute Gasteiger partial charge is 0.307 e. The Labute approximate surface area is 105 Å². The lowest BCUT2D eigenvalue weighted by Gasteiger charge is -2.10. The molecular formula is C13H16O5. The van der Waals surface area contributed by atoms with Crippen molar-refractivity contribution in [1.29, 1.82) is 0 Å².